The molecule has 0 aromatic carbocycles. The molecular formula is C13H21NO4S. The fourth-order valence-corrected chi connectivity index (χ4v) is 1.66. The van der Waals surface area contributed by atoms with Crippen LogP contribution in [-0.4, -0.2) is 43.3 Å². The van der Waals surface area contributed by atoms with Gasteiger partial charge in [-0.15, -0.1) is 6.42 Å². The lowest BCUT2D eigenvalue weighted by molar-refractivity contribution is -0.146. The number of nitrogens with one attached hydrogen (secondary N) is 1. The van der Waals surface area contributed by atoms with Crippen LogP contribution in [0.2, 0.25) is 0 Å². The highest BCUT2D eigenvalue weighted by Crippen LogP contribution is 2.04. The number of esters is 1. The van der Waals surface area contributed by atoms with Gasteiger partial charge in [0.05, 0.1) is 6.61 Å². The maximum Gasteiger partial charge on any atom is 0.408 e. The Morgan fingerprint density at radius 1 is 1.42 bits per heavy atom. The third-order valence-electron chi connectivity index (χ3n) is 2.22. The van der Waals surface area contributed by atoms with E-state index in [4.69, 9.17) is 11.2 Å². The van der Waals surface area contributed by atoms with Crippen LogP contribution in [0.25, 0.3) is 0 Å². The van der Waals surface area contributed by atoms with Gasteiger partial charge in [-0.1, -0.05) is 19.3 Å². The van der Waals surface area contributed by atoms with Crippen LogP contribution >= 0.6 is 11.8 Å². The first-order valence-corrected chi connectivity index (χ1v) is 7.57. The van der Waals surface area contributed by atoms with Gasteiger partial charge in [0, 0.05) is 0 Å². The van der Waals surface area contributed by atoms with E-state index in [9.17, 15) is 9.59 Å². The zero-order chi connectivity index (χ0) is 14.5. The number of alkyl carbamates (subject to hydrolysis) is 1. The van der Waals surface area contributed by atoms with E-state index >= 15 is 0 Å². The maximum absolute atomic E-state index is 11.8. The summed E-state index contributed by atoms with van der Waals surface area (Å²) in [7, 11) is 0. The quantitative estimate of drug-likeness (QED) is 0.398. The van der Waals surface area contributed by atoms with Gasteiger partial charge < -0.3 is 14.8 Å². The average molecular weight is 287 g/mol. The van der Waals surface area contributed by atoms with E-state index in [-0.39, 0.29) is 6.61 Å². The molecule has 1 amide bonds. The molecular weight excluding hydrogens is 266 g/mol. The second-order valence-electron chi connectivity index (χ2n) is 3.78. The van der Waals surface area contributed by atoms with Gasteiger partial charge in [-0.2, -0.15) is 11.8 Å². The van der Waals surface area contributed by atoms with E-state index in [0.29, 0.717) is 13.0 Å². The standard InChI is InChI=1S/C13H21NO4S/c1-4-6-9-17-12(15)11(7-10-19-3)14-13(16)18-8-5-2/h2,11H,4,6-10H2,1,3H3,(H,14,16). The van der Waals surface area contributed by atoms with Crippen LogP contribution in [0.1, 0.15) is 26.2 Å². The van der Waals surface area contributed by atoms with Crippen LogP contribution in [0.15, 0.2) is 0 Å². The summed E-state index contributed by atoms with van der Waals surface area (Å²) in [5, 5.41) is 2.47. The second-order valence-corrected chi connectivity index (χ2v) is 4.77. The van der Waals surface area contributed by atoms with Gasteiger partial charge >= 0.3 is 12.1 Å². The molecule has 6 heteroatoms. The summed E-state index contributed by atoms with van der Waals surface area (Å²) in [5.74, 6) is 2.49. The molecule has 0 aliphatic carbocycles. The molecule has 108 valence electrons. The van der Waals surface area contributed by atoms with Gasteiger partial charge in [0.15, 0.2) is 6.61 Å². The van der Waals surface area contributed by atoms with Crippen molar-refractivity contribution in [3.63, 3.8) is 0 Å². The van der Waals surface area contributed by atoms with Gasteiger partial charge in [-0.25, -0.2) is 9.59 Å². The molecule has 0 heterocycles. The lowest BCUT2D eigenvalue weighted by Crippen LogP contribution is -2.42. The molecule has 5 nitrogen and oxygen atoms in total. The first-order valence-electron chi connectivity index (χ1n) is 6.18. The molecule has 0 spiro atoms. The Morgan fingerprint density at radius 3 is 2.74 bits per heavy atom. The molecule has 0 aromatic heterocycles. The number of carbonyl (C=O) groups excluding carboxylic acids is 2. The normalized spacial score (nSPS) is 11.2. The first-order chi connectivity index (χ1) is 9.15. The summed E-state index contributed by atoms with van der Waals surface area (Å²) in [4.78, 5) is 23.2. The Bertz CT molecular complexity index is 314. The van der Waals surface area contributed by atoms with Crippen molar-refractivity contribution in [3.8, 4) is 12.3 Å². The van der Waals surface area contributed by atoms with Crippen LogP contribution in [0.5, 0.6) is 0 Å². The molecule has 0 saturated carbocycles. The Labute approximate surface area is 118 Å². The first kappa shape index (κ1) is 17.6. The van der Waals surface area contributed by atoms with Gasteiger partial charge in [-0.3, -0.25) is 0 Å². The number of carbonyl (C=O) groups is 2. The number of terminal acetylenes is 1. The molecule has 1 unspecified atom stereocenters. The van der Waals surface area contributed by atoms with E-state index in [1.165, 1.54) is 0 Å². The summed E-state index contributed by atoms with van der Waals surface area (Å²) in [6.07, 6.45) is 8.46. The molecule has 0 fully saturated rings. The van der Waals surface area contributed by atoms with E-state index in [1.54, 1.807) is 11.8 Å². The Hall–Kier alpha value is -1.35. The molecule has 0 saturated heterocycles. The molecule has 19 heavy (non-hydrogen) atoms. The number of unbranched alkanes of at least 4 members (excludes halogenated alkanes) is 1. The summed E-state index contributed by atoms with van der Waals surface area (Å²) >= 11 is 1.59. The number of thioether (sulfide) groups is 1. The van der Waals surface area contributed by atoms with Crippen LogP contribution < -0.4 is 5.32 Å². The predicted molar refractivity (Wildman–Crippen MR) is 76.0 cm³/mol. The zero-order valence-corrected chi connectivity index (χ0v) is 12.3. The van der Waals surface area contributed by atoms with E-state index < -0.39 is 18.1 Å². The lowest BCUT2D eigenvalue weighted by Gasteiger charge is -2.16. The molecule has 0 bridgehead atoms. The third kappa shape index (κ3) is 9.25. The molecule has 0 aliphatic heterocycles. The van der Waals surface area contributed by atoms with Crippen LogP contribution in [-0.2, 0) is 14.3 Å². The highest BCUT2D eigenvalue weighted by Gasteiger charge is 2.22. The SMILES string of the molecule is C#CCOC(=O)NC(CCSC)C(=O)OCCCC. The molecule has 0 aromatic rings. The Kier molecular flexibility index (Phi) is 10.9. The summed E-state index contributed by atoms with van der Waals surface area (Å²) in [6, 6.07) is -0.686. The summed E-state index contributed by atoms with van der Waals surface area (Å²) in [6.45, 7) is 2.26. The van der Waals surface area contributed by atoms with Crippen molar-refractivity contribution in [2.24, 2.45) is 0 Å². The van der Waals surface area contributed by atoms with Crippen LogP contribution in [0, 0.1) is 12.3 Å². The van der Waals surface area contributed by atoms with Crippen molar-refractivity contribution in [1.82, 2.24) is 5.32 Å². The van der Waals surface area contributed by atoms with Crippen molar-refractivity contribution in [1.29, 1.82) is 0 Å². The zero-order valence-electron chi connectivity index (χ0n) is 11.4. The van der Waals surface area contributed by atoms with Crippen molar-refractivity contribution >= 4 is 23.8 Å². The number of rotatable bonds is 9. The van der Waals surface area contributed by atoms with Crippen LogP contribution in [0.3, 0.4) is 0 Å². The molecule has 0 rings (SSSR count). The van der Waals surface area contributed by atoms with Crippen molar-refractivity contribution < 1.29 is 19.1 Å². The molecule has 0 radical (unpaired) electrons. The molecule has 1 N–H and O–H groups in total. The Morgan fingerprint density at radius 2 is 2.16 bits per heavy atom. The average Bonchev–Trinajstić information content (AvgIpc) is 2.41. The number of ether oxygens (including phenoxy) is 2. The van der Waals surface area contributed by atoms with E-state index in [0.717, 1.165) is 18.6 Å². The fourth-order valence-electron chi connectivity index (χ4n) is 1.19. The van der Waals surface area contributed by atoms with Gasteiger partial charge in [-0.05, 0) is 24.9 Å². The molecule has 1 atom stereocenters. The van der Waals surface area contributed by atoms with Crippen molar-refractivity contribution in [2.45, 2.75) is 32.2 Å². The van der Waals surface area contributed by atoms with E-state index in [1.807, 2.05) is 13.2 Å². The highest BCUT2D eigenvalue weighted by molar-refractivity contribution is 7.98. The second kappa shape index (κ2) is 11.7. The van der Waals surface area contributed by atoms with E-state index in [2.05, 4.69) is 16.0 Å². The van der Waals surface area contributed by atoms with Crippen molar-refractivity contribution in [3.05, 3.63) is 0 Å². The largest absolute Gasteiger partial charge is 0.464 e. The van der Waals surface area contributed by atoms with Crippen LogP contribution in [0.4, 0.5) is 4.79 Å². The summed E-state index contributed by atoms with van der Waals surface area (Å²) < 4.78 is 9.76. The fraction of sp³-hybridized carbons (Fsp3) is 0.692. The summed E-state index contributed by atoms with van der Waals surface area (Å²) in [5.41, 5.74) is 0. The lowest BCUT2D eigenvalue weighted by atomic mass is 10.2. The Balaban J connectivity index is 4.23. The minimum atomic E-state index is -0.698. The minimum absolute atomic E-state index is 0.119. The predicted octanol–water partition coefficient (Wildman–Crippen LogP) is 1.81. The highest BCUT2D eigenvalue weighted by atomic mass is 32.2. The van der Waals surface area contributed by atoms with Gasteiger partial charge in [0.2, 0.25) is 0 Å². The molecule has 0 aliphatic rings. The number of hydrogen-bond donors (Lipinski definition) is 1. The monoisotopic (exact) mass is 287 g/mol. The van der Waals surface area contributed by atoms with Gasteiger partial charge in [0.25, 0.3) is 0 Å². The smallest absolute Gasteiger partial charge is 0.408 e. The third-order valence-corrected chi connectivity index (χ3v) is 2.86. The topological polar surface area (TPSA) is 64.6 Å². The number of hydrogen-bond acceptors (Lipinski definition) is 5. The minimum Gasteiger partial charge on any atom is -0.464 e. The van der Waals surface area contributed by atoms with Crippen molar-refractivity contribution in [2.75, 3.05) is 25.2 Å². The number of amides is 1. The maximum atomic E-state index is 11.8. The van der Waals surface area contributed by atoms with Gasteiger partial charge in [0.1, 0.15) is 6.04 Å².